The number of hydrogen-bond donors (Lipinski definition) is 1. The summed E-state index contributed by atoms with van der Waals surface area (Å²) in [6.07, 6.45) is 4.84. The van der Waals surface area contributed by atoms with Crippen molar-refractivity contribution in [3.63, 3.8) is 0 Å². The molecule has 0 amide bonds. The molecular weight excluding hydrogens is 214 g/mol. The molecule has 0 radical (unpaired) electrons. The SMILES string of the molecule is N#Cc1cccc2[nH]c(-c3cnccn3)nc12. The number of aromatic amines is 1. The zero-order valence-corrected chi connectivity index (χ0v) is 8.75. The predicted molar refractivity (Wildman–Crippen MR) is 61.8 cm³/mol. The Balaban J connectivity index is 2.25. The lowest BCUT2D eigenvalue weighted by Crippen LogP contribution is -1.85. The summed E-state index contributed by atoms with van der Waals surface area (Å²) in [7, 11) is 0. The standard InChI is InChI=1S/C12H7N5/c13-6-8-2-1-3-9-11(8)17-12(16-9)10-7-14-4-5-15-10/h1-5,7H,(H,16,17). The highest BCUT2D eigenvalue weighted by atomic mass is 15.0. The van der Waals surface area contributed by atoms with Gasteiger partial charge in [-0.1, -0.05) is 6.07 Å². The van der Waals surface area contributed by atoms with Crippen LogP contribution in [0.15, 0.2) is 36.8 Å². The molecule has 1 N–H and O–H groups in total. The molecule has 2 aromatic heterocycles. The molecule has 0 saturated heterocycles. The van der Waals surface area contributed by atoms with Crippen molar-refractivity contribution in [2.24, 2.45) is 0 Å². The van der Waals surface area contributed by atoms with Gasteiger partial charge in [-0.15, -0.1) is 0 Å². The number of fused-ring (bicyclic) bond motifs is 1. The number of nitrogens with one attached hydrogen (secondary N) is 1. The van der Waals surface area contributed by atoms with E-state index in [2.05, 4.69) is 26.0 Å². The Morgan fingerprint density at radius 2 is 2.18 bits per heavy atom. The van der Waals surface area contributed by atoms with Crippen LogP contribution < -0.4 is 0 Å². The number of benzene rings is 1. The highest BCUT2D eigenvalue weighted by molar-refractivity contribution is 5.83. The Morgan fingerprint density at radius 1 is 1.24 bits per heavy atom. The van der Waals surface area contributed by atoms with Gasteiger partial charge in [-0.3, -0.25) is 4.98 Å². The Labute approximate surface area is 96.8 Å². The van der Waals surface area contributed by atoms with Crippen LogP contribution in [0.25, 0.3) is 22.6 Å². The molecule has 0 saturated carbocycles. The fraction of sp³-hybridized carbons (Fsp3) is 0. The van der Waals surface area contributed by atoms with E-state index < -0.39 is 0 Å². The van der Waals surface area contributed by atoms with Crippen LogP contribution in [0.4, 0.5) is 0 Å². The highest BCUT2D eigenvalue weighted by Gasteiger charge is 2.08. The number of aromatic nitrogens is 4. The molecule has 5 nitrogen and oxygen atoms in total. The number of imidazole rings is 1. The molecule has 0 spiro atoms. The lowest BCUT2D eigenvalue weighted by Gasteiger charge is -1.91. The molecule has 3 aromatic rings. The topological polar surface area (TPSA) is 78.2 Å². The number of hydrogen-bond acceptors (Lipinski definition) is 4. The number of para-hydroxylation sites is 1. The minimum absolute atomic E-state index is 0.550. The molecule has 0 aliphatic rings. The summed E-state index contributed by atoms with van der Waals surface area (Å²) >= 11 is 0. The molecule has 0 aliphatic carbocycles. The molecule has 17 heavy (non-hydrogen) atoms. The first-order valence-electron chi connectivity index (χ1n) is 5.04. The van der Waals surface area contributed by atoms with E-state index in [4.69, 9.17) is 5.26 Å². The maximum absolute atomic E-state index is 8.98. The molecule has 5 heteroatoms. The van der Waals surface area contributed by atoms with Gasteiger partial charge in [-0.25, -0.2) is 9.97 Å². The number of rotatable bonds is 1. The second-order valence-electron chi connectivity index (χ2n) is 3.49. The number of nitriles is 1. The summed E-state index contributed by atoms with van der Waals surface area (Å²) in [5, 5.41) is 8.98. The first-order chi connectivity index (χ1) is 8.38. The molecule has 0 bridgehead atoms. The lowest BCUT2D eigenvalue weighted by atomic mass is 10.2. The Morgan fingerprint density at radius 3 is 2.94 bits per heavy atom. The van der Waals surface area contributed by atoms with E-state index in [0.29, 0.717) is 22.6 Å². The quantitative estimate of drug-likeness (QED) is 0.680. The van der Waals surface area contributed by atoms with Crippen molar-refractivity contribution >= 4 is 11.0 Å². The van der Waals surface area contributed by atoms with E-state index in [-0.39, 0.29) is 0 Å². The summed E-state index contributed by atoms with van der Waals surface area (Å²) in [4.78, 5) is 15.6. The van der Waals surface area contributed by atoms with Crippen molar-refractivity contribution in [2.45, 2.75) is 0 Å². The fourth-order valence-corrected chi connectivity index (χ4v) is 1.67. The van der Waals surface area contributed by atoms with Crippen LogP contribution in [-0.2, 0) is 0 Å². The van der Waals surface area contributed by atoms with Gasteiger partial charge in [0.05, 0.1) is 17.3 Å². The summed E-state index contributed by atoms with van der Waals surface area (Å²) in [6.45, 7) is 0. The van der Waals surface area contributed by atoms with Crippen LogP contribution in [0.1, 0.15) is 5.56 Å². The van der Waals surface area contributed by atoms with Crippen molar-refractivity contribution in [2.75, 3.05) is 0 Å². The van der Waals surface area contributed by atoms with Crippen molar-refractivity contribution in [1.82, 2.24) is 19.9 Å². The van der Waals surface area contributed by atoms with Crippen LogP contribution in [0.5, 0.6) is 0 Å². The zero-order chi connectivity index (χ0) is 11.7. The fourth-order valence-electron chi connectivity index (χ4n) is 1.67. The molecule has 3 rings (SSSR count). The smallest absolute Gasteiger partial charge is 0.158 e. The Hall–Kier alpha value is -2.74. The minimum atomic E-state index is 0.550. The Kier molecular flexibility index (Phi) is 2.06. The summed E-state index contributed by atoms with van der Waals surface area (Å²) in [5.74, 6) is 0.621. The van der Waals surface area contributed by atoms with Gasteiger partial charge in [0.15, 0.2) is 5.82 Å². The monoisotopic (exact) mass is 221 g/mol. The van der Waals surface area contributed by atoms with Crippen LogP contribution in [0, 0.1) is 11.3 Å². The van der Waals surface area contributed by atoms with E-state index in [1.165, 1.54) is 0 Å². The van der Waals surface area contributed by atoms with Crippen LogP contribution in [0.2, 0.25) is 0 Å². The second-order valence-corrected chi connectivity index (χ2v) is 3.49. The van der Waals surface area contributed by atoms with Gasteiger partial charge >= 0.3 is 0 Å². The van der Waals surface area contributed by atoms with Gasteiger partial charge in [0.25, 0.3) is 0 Å². The number of nitrogens with zero attached hydrogens (tertiary/aromatic N) is 4. The lowest BCUT2D eigenvalue weighted by molar-refractivity contribution is 1.17. The van der Waals surface area contributed by atoms with E-state index in [9.17, 15) is 0 Å². The van der Waals surface area contributed by atoms with Gasteiger partial charge < -0.3 is 4.98 Å². The maximum atomic E-state index is 8.98. The van der Waals surface area contributed by atoms with Gasteiger partial charge in [0.1, 0.15) is 17.3 Å². The summed E-state index contributed by atoms with van der Waals surface area (Å²) < 4.78 is 0. The largest absolute Gasteiger partial charge is 0.337 e. The van der Waals surface area contributed by atoms with Crippen molar-refractivity contribution in [3.05, 3.63) is 42.4 Å². The van der Waals surface area contributed by atoms with Crippen LogP contribution in [-0.4, -0.2) is 19.9 Å². The zero-order valence-electron chi connectivity index (χ0n) is 8.75. The van der Waals surface area contributed by atoms with Gasteiger partial charge in [-0.05, 0) is 12.1 Å². The van der Waals surface area contributed by atoms with Gasteiger partial charge in [0, 0.05) is 12.4 Å². The van der Waals surface area contributed by atoms with E-state index in [0.717, 1.165) is 5.52 Å². The van der Waals surface area contributed by atoms with Crippen molar-refractivity contribution in [1.29, 1.82) is 5.26 Å². The second kappa shape index (κ2) is 3.68. The molecule has 0 aliphatic heterocycles. The molecule has 0 fully saturated rings. The average Bonchev–Trinajstić information content (AvgIpc) is 2.83. The van der Waals surface area contributed by atoms with Gasteiger partial charge in [0.2, 0.25) is 0 Å². The molecule has 80 valence electrons. The van der Waals surface area contributed by atoms with Crippen LogP contribution >= 0.6 is 0 Å². The first kappa shape index (κ1) is 9.48. The van der Waals surface area contributed by atoms with Crippen molar-refractivity contribution in [3.8, 4) is 17.6 Å². The third-order valence-corrected chi connectivity index (χ3v) is 2.44. The van der Waals surface area contributed by atoms with Gasteiger partial charge in [-0.2, -0.15) is 5.26 Å². The maximum Gasteiger partial charge on any atom is 0.158 e. The average molecular weight is 221 g/mol. The molecular formula is C12H7N5. The van der Waals surface area contributed by atoms with Crippen LogP contribution in [0.3, 0.4) is 0 Å². The van der Waals surface area contributed by atoms with E-state index in [1.807, 2.05) is 12.1 Å². The molecule has 0 atom stereocenters. The molecule has 0 unspecified atom stereocenters. The molecule has 2 heterocycles. The third kappa shape index (κ3) is 1.52. The normalized spacial score (nSPS) is 10.3. The van der Waals surface area contributed by atoms with E-state index >= 15 is 0 Å². The summed E-state index contributed by atoms with van der Waals surface area (Å²) in [5.41, 5.74) is 2.70. The highest BCUT2D eigenvalue weighted by Crippen LogP contribution is 2.20. The molecule has 1 aromatic carbocycles. The summed E-state index contributed by atoms with van der Waals surface area (Å²) in [6, 6.07) is 7.55. The third-order valence-electron chi connectivity index (χ3n) is 2.44. The van der Waals surface area contributed by atoms with Crippen molar-refractivity contribution < 1.29 is 0 Å². The Bertz CT molecular complexity index is 709. The predicted octanol–water partition coefficient (Wildman–Crippen LogP) is 1.89. The van der Waals surface area contributed by atoms with E-state index in [1.54, 1.807) is 24.7 Å². The number of H-pyrrole nitrogens is 1. The minimum Gasteiger partial charge on any atom is -0.337 e. The first-order valence-corrected chi connectivity index (χ1v) is 5.04.